The van der Waals surface area contributed by atoms with Crippen molar-refractivity contribution in [3.63, 3.8) is 0 Å². The molecule has 0 saturated carbocycles. The van der Waals surface area contributed by atoms with Crippen LogP contribution in [0.1, 0.15) is 69.8 Å². The summed E-state index contributed by atoms with van der Waals surface area (Å²) in [5.41, 5.74) is -28.9. The normalized spacial score (nSPS) is 13.5. The van der Waals surface area contributed by atoms with Gasteiger partial charge in [-0.25, -0.2) is 4.84 Å². The Morgan fingerprint density at radius 1 is 0.329 bits per heavy atom. The van der Waals surface area contributed by atoms with Gasteiger partial charge >= 0.3 is 49.4 Å². The summed E-state index contributed by atoms with van der Waals surface area (Å²) in [7, 11) is 0. The van der Waals surface area contributed by atoms with Crippen LogP contribution >= 0.6 is 0 Å². The Labute approximate surface area is 395 Å². The monoisotopic (exact) mass is 1080 g/mol. The topological polar surface area (TPSA) is 13.1 Å². The molecule has 0 fully saturated rings. The molecule has 2 nitrogen and oxygen atoms in total. The predicted octanol–water partition coefficient (Wildman–Crippen LogP) is 14.2. The molecule has 0 unspecified atom stereocenters. The fourth-order valence-corrected chi connectivity index (χ4v) is 7.55. The van der Waals surface area contributed by atoms with E-state index in [9.17, 15) is 105 Å². The van der Waals surface area contributed by atoms with E-state index in [1.807, 2.05) is 42.7 Å². The minimum atomic E-state index is -6.13. The van der Waals surface area contributed by atoms with Gasteiger partial charge in [0.1, 0.15) is 6.15 Å². The largest absolute Gasteiger partial charge is 0.416 e. The van der Waals surface area contributed by atoms with Crippen molar-refractivity contribution in [1.82, 2.24) is 0 Å². The number of rotatable bonds is 7. The highest BCUT2D eigenvalue weighted by Crippen LogP contribution is 2.41. The third-order valence-electron chi connectivity index (χ3n) is 10.9. The molecule has 0 aliphatic rings. The van der Waals surface area contributed by atoms with Crippen LogP contribution in [0.3, 0.4) is 0 Å². The molecular weight excluding hydrogens is 1050 g/mol. The Hall–Kier alpha value is -6.57. The van der Waals surface area contributed by atoms with E-state index in [4.69, 9.17) is 4.84 Å². The van der Waals surface area contributed by atoms with Gasteiger partial charge in [-0.05, 0) is 47.9 Å². The van der Waals surface area contributed by atoms with Crippen LogP contribution < -0.4 is 31.4 Å². The van der Waals surface area contributed by atoms with Crippen molar-refractivity contribution in [2.45, 2.75) is 69.2 Å². The van der Waals surface area contributed by atoms with Gasteiger partial charge in [-0.1, -0.05) is 80.6 Å². The van der Waals surface area contributed by atoms with Crippen LogP contribution in [0.25, 0.3) is 0 Å². The number of pyridine rings is 1. The Balaban J connectivity index is 0.000000520. The number of hydrogen-bond acceptors (Lipinski definition) is 1. The molecule has 6 aromatic rings. The maximum absolute atomic E-state index is 14.2. The standard InChI is InChI=1S/C32H12BF24.C14H16NO/c34-25(35,36)13-1-14(26(37,38)39)6-21(5-13)33(22-7-15(27(40,41)42)2-16(8-22)28(43,44)45,23-9-17(29(46,47)48)3-18(10-23)30(49,50)51)24-11-19(31(52,53)54)4-20(12-24)32(55,56)57;1-12(2)13-6-8-14(9-7-13)16-15-10-4-3-5-11-15/h1-12H;3-12H,1-2H3/q-1;+1. The SMILES string of the molecule is CC(C)c1ccc(O[n+]2ccccc2)cc1.FC(F)(F)c1cc([B-](c2cc(C(F)(F)F)cc(C(F)(F)F)c2)(c2cc(C(F)(F)F)cc(C(F)(F)F)c2)c2cc(C(F)(F)F)cc(C(F)(F)F)c2)cc(C(F)(F)F)c1. The van der Waals surface area contributed by atoms with Crippen LogP contribution in [0.5, 0.6) is 5.75 Å². The first-order valence-corrected chi connectivity index (χ1v) is 20.1. The fourth-order valence-electron chi connectivity index (χ4n) is 7.55. The molecule has 0 radical (unpaired) electrons. The van der Waals surface area contributed by atoms with Crippen molar-refractivity contribution in [3.05, 3.63) is 178 Å². The summed E-state index contributed by atoms with van der Waals surface area (Å²) in [5.74, 6) is 1.40. The minimum absolute atomic E-state index is 0.554. The van der Waals surface area contributed by atoms with Gasteiger partial charge in [0, 0.05) is 16.9 Å². The zero-order valence-corrected chi connectivity index (χ0v) is 36.2. The smallest absolute Gasteiger partial charge is 0.232 e. The van der Waals surface area contributed by atoms with Gasteiger partial charge in [-0.15, -0.1) is 0 Å². The summed E-state index contributed by atoms with van der Waals surface area (Å²) in [6, 6.07) is 5.21. The molecule has 6 rings (SSSR count). The Morgan fingerprint density at radius 3 is 0.740 bits per heavy atom. The van der Waals surface area contributed by atoms with Crippen molar-refractivity contribution in [1.29, 1.82) is 0 Å². The van der Waals surface area contributed by atoms with Gasteiger partial charge in [0.15, 0.2) is 0 Å². The van der Waals surface area contributed by atoms with E-state index in [2.05, 4.69) is 26.0 Å². The summed E-state index contributed by atoms with van der Waals surface area (Å²) < 4.78 is 343. The molecule has 1 heterocycles. The number of benzene rings is 5. The highest BCUT2D eigenvalue weighted by atomic mass is 19.4. The molecule has 0 atom stereocenters. The van der Waals surface area contributed by atoms with Gasteiger partial charge in [-0.2, -0.15) is 127 Å². The van der Waals surface area contributed by atoms with Gasteiger partial charge < -0.3 is 0 Å². The van der Waals surface area contributed by atoms with Crippen molar-refractivity contribution < 1.29 is 115 Å². The molecule has 394 valence electrons. The fraction of sp³-hybridized carbons (Fsp3) is 0.239. The predicted molar refractivity (Wildman–Crippen MR) is 213 cm³/mol. The quantitative estimate of drug-likeness (QED) is 0.0882. The highest BCUT2D eigenvalue weighted by Gasteiger charge is 2.47. The van der Waals surface area contributed by atoms with Crippen LogP contribution in [0, 0.1) is 0 Å². The minimum Gasteiger partial charge on any atom is -0.232 e. The Kier molecular flexibility index (Phi) is 15.5. The molecule has 27 heteroatoms. The van der Waals surface area contributed by atoms with E-state index in [-0.39, 0.29) is 0 Å². The second-order valence-electron chi connectivity index (χ2n) is 16.3. The maximum atomic E-state index is 14.2. The van der Waals surface area contributed by atoms with Crippen LogP contribution in [0.15, 0.2) is 128 Å². The highest BCUT2D eigenvalue weighted by molar-refractivity contribution is 7.20. The van der Waals surface area contributed by atoms with Crippen LogP contribution in [-0.4, -0.2) is 6.15 Å². The lowest BCUT2D eigenvalue weighted by molar-refractivity contribution is -0.875. The first kappa shape index (κ1) is 57.3. The molecule has 0 aliphatic heterocycles. The third kappa shape index (κ3) is 13.5. The number of hydrogen-bond donors (Lipinski definition) is 0. The molecule has 0 saturated heterocycles. The Morgan fingerprint density at radius 2 is 0.548 bits per heavy atom. The van der Waals surface area contributed by atoms with E-state index in [1.54, 1.807) is 4.73 Å². The van der Waals surface area contributed by atoms with Gasteiger partial charge in [0.2, 0.25) is 18.1 Å². The van der Waals surface area contributed by atoms with E-state index < -0.39 is 195 Å². The summed E-state index contributed by atoms with van der Waals surface area (Å²) >= 11 is 0. The summed E-state index contributed by atoms with van der Waals surface area (Å²) in [6.07, 6.45) is -51.1. The van der Waals surface area contributed by atoms with Crippen molar-refractivity contribution in [3.8, 4) is 5.75 Å². The molecule has 73 heavy (non-hydrogen) atoms. The van der Waals surface area contributed by atoms with Gasteiger partial charge in [0.25, 0.3) is 0 Å². The summed E-state index contributed by atoms with van der Waals surface area (Å²) in [5, 5.41) is 0. The second-order valence-corrected chi connectivity index (χ2v) is 16.3. The molecule has 5 aromatic carbocycles. The van der Waals surface area contributed by atoms with E-state index in [0.29, 0.717) is 5.92 Å². The lowest BCUT2D eigenvalue weighted by Crippen LogP contribution is -2.75. The molecule has 0 bridgehead atoms. The van der Waals surface area contributed by atoms with Crippen molar-refractivity contribution in [2.75, 3.05) is 0 Å². The van der Waals surface area contributed by atoms with Gasteiger partial charge in [-0.3, -0.25) is 0 Å². The van der Waals surface area contributed by atoms with E-state index in [0.717, 1.165) is 5.75 Å². The average Bonchev–Trinajstić information content (AvgIpc) is 3.25. The van der Waals surface area contributed by atoms with Crippen LogP contribution in [0.4, 0.5) is 105 Å². The zero-order chi connectivity index (χ0) is 55.3. The first-order valence-electron chi connectivity index (χ1n) is 20.1. The maximum Gasteiger partial charge on any atom is 0.416 e. The number of aromatic nitrogens is 1. The number of nitrogens with zero attached hydrogens (tertiary/aromatic N) is 1. The van der Waals surface area contributed by atoms with Crippen LogP contribution in [0.2, 0.25) is 0 Å². The molecule has 0 N–H and O–H groups in total. The van der Waals surface area contributed by atoms with Crippen molar-refractivity contribution in [2.24, 2.45) is 0 Å². The molecule has 1 aromatic heterocycles. The van der Waals surface area contributed by atoms with Crippen LogP contribution in [-0.2, 0) is 49.4 Å². The lowest BCUT2D eigenvalue weighted by atomic mass is 9.12. The summed E-state index contributed by atoms with van der Waals surface area (Å²) in [6.45, 7) is 4.36. The number of halogens is 24. The van der Waals surface area contributed by atoms with E-state index in [1.165, 1.54) is 5.56 Å². The first-order chi connectivity index (χ1) is 33.0. The number of alkyl halides is 24. The lowest BCUT2D eigenvalue weighted by Gasteiger charge is -2.46. The molecular formula is C46H28BF24NO. The van der Waals surface area contributed by atoms with Crippen molar-refractivity contribution >= 4 is 28.0 Å². The second kappa shape index (κ2) is 19.7. The average molecular weight is 1080 g/mol. The summed E-state index contributed by atoms with van der Waals surface area (Å²) in [4.78, 5) is 5.63. The molecule has 0 aliphatic carbocycles. The molecule has 0 spiro atoms. The van der Waals surface area contributed by atoms with Gasteiger partial charge in [0.05, 0.1) is 44.5 Å². The molecule has 0 amide bonds. The third-order valence-corrected chi connectivity index (χ3v) is 10.9. The Bertz CT molecular complexity index is 2450. The zero-order valence-electron chi connectivity index (χ0n) is 36.2. The van der Waals surface area contributed by atoms with E-state index >= 15 is 0 Å².